The molecule has 1 amide bonds. The van der Waals surface area contributed by atoms with E-state index in [1.54, 1.807) is 0 Å². The van der Waals surface area contributed by atoms with Crippen LogP contribution in [0.5, 0.6) is 0 Å². The molecule has 0 saturated carbocycles. The van der Waals surface area contributed by atoms with E-state index in [9.17, 15) is 24.2 Å². The number of aliphatic hydroxyl groups excluding tert-OH is 1. The van der Waals surface area contributed by atoms with E-state index in [0.29, 0.717) is 6.42 Å². The number of unbranched alkanes of at least 4 members (excludes halogenated alkanes) is 22. The Bertz CT molecular complexity index is 1080. The van der Waals surface area contributed by atoms with Crippen molar-refractivity contribution in [3.05, 3.63) is 48.6 Å². The molecule has 0 aliphatic heterocycles. The summed E-state index contributed by atoms with van der Waals surface area (Å²) in [5.41, 5.74) is 0. The predicted molar refractivity (Wildman–Crippen MR) is 238 cm³/mol. The zero-order valence-electron chi connectivity index (χ0n) is 36.5. The maximum atomic E-state index is 12.1. The van der Waals surface area contributed by atoms with Gasteiger partial charge in [-0.2, -0.15) is 0 Å². The number of phosphoric ester groups is 1. The number of allylic oxidation sites excluding steroid dienone is 8. The van der Waals surface area contributed by atoms with Crippen LogP contribution in [-0.2, 0) is 27.9 Å². The second-order valence-corrected chi connectivity index (χ2v) is 16.8. The van der Waals surface area contributed by atoms with E-state index < -0.39 is 26.5 Å². The molecule has 57 heavy (non-hydrogen) atoms. The van der Waals surface area contributed by atoms with Gasteiger partial charge in [0.1, 0.15) is 12.7 Å². The standard InChI is InChI=1S/C47H86NO8P/c1-3-5-7-9-11-13-15-17-19-21-22-24-25-27-29-31-33-35-37-39-46(50)48-41-42-55-57(52,53)56-44-45(49)43-54-47(51)40-38-36-34-32-30-28-26-23-20-18-16-14-12-10-8-6-4-2/h11,13,17-20,22,24,45,49H,3-10,12,14-16,21,23,25-44H2,1-2H3,(H,48,50)(H,52,53)/b13-11-,19-17-,20-18-,24-22-. The number of carbonyl (C=O) groups is 2. The van der Waals surface area contributed by atoms with Crippen LogP contribution in [0.15, 0.2) is 48.6 Å². The molecule has 10 heteroatoms. The summed E-state index contributed by atoms with van der Waals surface area (Å²) in [5.74, 6) is -0.532. The molecule has 0 bridgehead atoms. The first-order valence-electron chi connectivity index (χ1n) is 23.1. The number of rotatable bonds is 43. The number of carbonyl (C=O) groups excluding carboxylic acids is 2. The Morgan fingerprint density at radius 3 is 1.47 bits per heavy atom. The molecule has 0 radical (unpaired) electrons. The molecule has 0 aliphatic rings. The van der Waals surface area contributed by atoms with Gasteiger partial charge in [0.2, 0.25) is 5.91 Å². The van der Waals surface area contributed by atoms with Crippen LogP contribution in [-0.4, -0.2) is 54.3 Å². The van der Waals surface area contributed by atoms with Crippen molar-refractivity contribution in [1.29, 1.82) is 0 Å². The monoisotopic (exact) mass is 824 g/mol. The van der Waals surface area contributed by atoms with Crippen molar-refractivity contribution in [3.63, 3.8) is 0 Å². The Hall–Kier alpha value is -2.03. The van der Waals surface area contributed by atoms with Crippen LogP contribution in [0.25, 0.3) is 0 Å². The predicted octanol–water partition coefficient (Wildman–Crippen LogP) is 13.1. The lowest BCUT2D eigenvalue weighted by molar-refractivity contribution is -0.147. The lowest BCUT2D eigenvalue weighted by atomic mass is 10.1. The minimum Gasteiger partial charge on any atom is -0.463 e. The summed E-state index contributed by atoms with van der Waals surface area (Å²) in [6.07, 6.45) is 50.3. The van der Waals surface area contributed by atoms with Gasteiger partial charge in [-0.1, -0.05) is 165 Å². The molecule has 0 rings (SSSR count). The van der Waals surface area contributed by atoms with Crippen molar-refractivity contribution in [3.8, 4) is 0 Å². The number of phosphoric acid groups is 1. The molecule has 2 unspecified atom stereocenters. The largest absolute Gasteiger partial charge is 0.472 e. The van der Waals surface area contributed by atoms with E-state index in [2.05, 4.69) is 67.8 Å². The van der Waals surface area contributed by atoms with E-state index in [0.717, 1.165) is 70.6 Å². The fourth-order valence-corrected chi connectivity index (χ4v) is 6.96. The Morgan fingerprint density at radius 1 is 0.544 bits per heavy atom. The molecule has 0 fully saturated rings. The second-order valence-electron chi connectivity index (χ2n) is 15.4. The lowest BCUT2D eigenvalue weighted by Gasteiger charge is -2.15. The van der Waals surface area contributed by atoms with E-state index >= 15 is 0 Å². The molecule has 0 spiro atoms. The summed E-state index contributed by atoms with van der Waals surface area (Å²) >= 11 is 0. The first-order valence-corrected chi connectivity index (χ1v) is 24.6. The van der Waals surface area contributed by atoms with Crippen LogP contribution in [0.4, 0.5) is 0 Å². The van der Waals surface area contributed by atoms with E-state index in [1.165, 1.54) is 109 Å². The smallest absolute Gasteiger partial charge is 0.463 e. The molecule has 0 aromatic carbocycles. The minimum atomic E-state index is -4.42. The number of ether oxygens (including phenoxy) is 1. The molecule has 0 aliphatic carbocycles. The van der Waals surface area contributed by atoms with E-state index in [-0.39, 0.29) is 32.1 Å². The number of hydrogen-bond acceptors (Lipinski definition) is 7. The van der Waals surface area contributed by atoms with Crippen LogP contribution >= 0.6 is 7.82 Å². The van der Waals surface area contributed by atoms with Crippen molar-refractivity contribution >= 4 is 19.7 Å². The van der Waals surface area contributed by atoms with Gasteiger partial charge in [-0.25, -0.2) is 4.57 Å². The van der Waals surface area contributed by atoms with Gasteiger partial charge in [0.15, 0.2) is 0 Å². The molecule has 332 valence electrons. The summed E-state index contributed by atoms with van der Waals surface area (Å²) < 4.78 is 26.9. The molecule has 0 aromatic heterocycles. The number of hydrogen-bond donors (Lipinski definition) is 3. The highest BCUT2D eigenvalue weighted by atomic mass is 31.2. The van der Waals surface area contributed by atoms with Crippen LogP contribution in [0.3, 0.4) is 0 Å². The maximum Gasteiger partial charge on any atom is 0.472 e. The summed E-state index contributed by atoms with van der Waals surface area (Å²) in [7, 11) is -4.42. The van der Waals surface area contributed by atoms with Crippen LogP contribution < -0.4 is 5.32 Å². The Labute approximate surface area is 349 Å². The number of aliphatic hydroxyl groups is 1. The van der Waals surface area contributed by atoms with Gasteiger partial charge < -0.3 is 20.1 Å². The quantitative estimate of drug-likeness (QED) is 0.0240. The Morgan fingerprint density at radius 2 is 0.947 bits per heavy atom. The average molecular weight is 824 g/mol. The summed E-state index contributed by atoms with van der Waals surface area (Å²) in [6, 6.07) is 0. The maximum absolute atomic E-state index is 12.1. The third kappa shape index (κ3) is 44.9. The number of esters is 1. The van der Waals surface area contributed by atoms with Gasteiger partial charge in [-0.15, -0.1) is 0 Å². The molecular formula is C47H86NO8P. The second kappa shape index (κ2) is 43.5. The van der Waals surface area contributed by atoms with Crippen LogP contribution in [0.2, 0.25) is 0 Å². The van der Waals surface area contributed by atoms with Gasteiger partial charge in [0.05, 0.1) is 13.2 Å². The van der Waals surface area contributed by atoms with Crippen LogP contribution in [0.1, 0.15) is 206 Å². The summed E-state index contributed by atoms with van der Waals surface area (Å²) in [4.78, 5) is 34.0. The topological polar surface area (TPSA) is 131 Å². The van der Waals surface area contributed by atoms with E-state index in [1.807, 2.05) is 0 Å². The highest BCUT2D eigenvalue weighted by Crippen LogP contribution is 2.42. The van der Waals surface area contributed by atoms with Crippen molar-refractivity contribution < 1.29 is 37.9 Å². The normalized spacial score (nSPS) is 13.7. The lowest BCUT2D eigenvalue weighted by Crippen LogP contribution is -2.27. The van der Waals surface area contributed by atoms with E-state index in [4.69, 9.17) is 13.8 Å². The highest BCUT2D eigenvalue weighted by Gasteiger charge is 2.23. The first kappa shape index (κ1) is 55.0. The van der Waals surface area contributed by atoms with Gasteiger partial charge in [-0.05, 0) is 77.0 Å². The number of nitrogens with one attached hydrogen (secondary N) is 1. The molecule has 0 saturated heterocycles. The zero-order valence-corrected chi connectivity index (χ0v) is 37.4. The van der Waals surface area contributed by atoms with Gasteiger partial charge in [0, 0.05) is 19.4 Å². The molecule has 0 heterocycles. The van der Waals surface area contributed by atoms with Crippen molar-refractivity contribution in [2.45, 2.75) is 213 Å². The Balaban J connectivity index is 3.62. The molecular weight excluding hydrogens is 737 g/mol. The van der Waals surface area contributed by atoms with Crippen molar-refractivity contribution in [2.75, 3.05) is 26.4 Å². The van der Waals surface area contributed by atoms with Gasteiger partial charge >= 0.3 is 13.8 Å². The van der Waals surface area contributed by atoms with Gasteiger partial charge in [0.25, 0.3) is 0 Å². The average Bonchev–Trinajstić information content (AvgIpc) is 3.20. The van der Waals surface area contributed by atoms with Crippen LogP contribution in [0, 0.1) is 0 Å². The molecule has 2 atom stereocenters. The minimum absolute atomic E-state index is 0.0728. The molecule has 3 N–H and O–H groups in total. The first-order chi connectivity index (χ1) is 27.8. The zero-order chi connectivity index (χ0) is 41.8. The Kier molecular flexibility index (Phi) is 42.0. The summed E-state index contributed by atoms with van der Waals surface area (Å²) in [5, 5.41) is 12.7. The van der Waals surface area contributed by atoms with Crippen molar-refractivity contribution in [2.24, 2.45) is 0 Å². The third-order valence-electron chi connectivity index (χ3n) is 9.73. The molecule has 9 nitrogen and oxygen atoms in total. The number of amides is 1. The molecule has 0 aromatic rings. The fraction of sp³-hybridized carbons (Fsp3) is 0.787. The third-order valence-corrected chi connectivity index (χ3v) is 10.7. The van der Waals surface area contributed by atoms with Gasteiger partial charge in [-0.3, -0.25) is 18.6 Å². The fourth-order valence-electron chi connectivity index (χ4n) is 6.21. The summed E-state index contributed by atoms with van der Waals surface area (Å²) in [6.45, 7) is 3.51. The van der Waals surface area contributed by atoms with Crippen molar-refractivity contribution in [1.82, 2.24) is 5.32 Å². The highest BCUT2D eigenvalue weighted by molar-refractivity contribution is 7.47. The SMILES string of the molecule is CCCCC/C=C\C/C=C\C/C=C\CCCCCCCCC(=O)NCCOP(=O)(O)OCC(O)COC(=O)CCCCCCCCC/C=C\CCCCCCCC.